The second-order valence-electron chi connectivity index (χ2n) is 5.31. The van der Waals surface area contributed by atoms with Crippen molar-refractivity contribution >= 4 is 0 Å². The van der Waals surface area contributed by atoms with E-state index >= 15 is 0 Å². The Labute approximate surface area is 98.1 Å². The van der Waals surface area contributed by atoms with Crippen LogP contribution in [0.1, 0.15) is 45.4 Å². The summed E-state index contributed by atoms with van der Waals surface area (Å²) in [7, 11) is 1.69. The van der Waals surface area contributed by atoms with Crippen molar-refractivity contribution in [3.8, 4) is 0 Å². The number of aliphatic hydroxyl groups excluding tert-OH is 1. The monoisotopic (exact) mass is 228 g/mol. The molecular weight excluding hydrogens is 204 g/mol. The number of ether oxygens (including phenoxy) is 2. The molecular formula is C13H24O3. The van der Waals surface area contributed by atoms with Gasteiger partial charge in [-0.15, -0.1) is 0 Å². The quantitative estimate of drug-likeness (QED) is 0.801. The van der Waals surface area contributed by atoms with Crippen LogP contribution in [0.5, 0.6) is 0 Å². The maximum Gasteiger partial charge on any atom is 0.0831 e. The van der Waals surface area contributed by atoms with Crippen LogP contribution < -0.4 is 0 Å². The van der Waals surface area contributed by atoms with Gasteiger partial charge in [-0.25, -0.2) is 0 Å². The summed E-state index contributed by atoms with van der Waals surface area (Å²) in [5.74, 6) is 0.360. The Morgan fingerprint density at radius 3 is 2.75 bits per heavy atom. The van der Waals surface area contributed by atoms with Gasteiger partial charge in [-0.05, 0) is 44.4 Å². The van der Waals surface area contributed by atoms with Gasteiger partial charge < -0.3 is 14.6 Å². The van der Waals surface area contributed by atoms with Crippen molar-refractivity contribution in [1.82, 2.24) is 0 Å². The van der Waals surface area contributed by atoms with E-state index in [9.17, 15) is 5.11 Å². The van der Waals surface area contributed by atoms with Crippen molar-refractivity contribution in [2.75, 3.05) is 13.7 Å². The van der Waals surface area contributed by atoms with Gasteiger partial charge in [0, 0.05) is 13.7 Å². The van der Waals surface area contributed by atoms with E-state index in [1.807, 2.05) is 0 Å². The molecule has 1 heterocycles. The molecule has 1 spiro atoms. The zero-order valence-corrected chi connectivity index (χ0v) is 10.4. The number of aliphatic hydroxyl groups is 1. The number of methoxy groups -OCH3 is 1. The molecule has 94 valence electrons. The predicted octanol–water partition coefficient (Wildman–Crippen LogP) is 2.12. The molecule has 0 aromatic carbocycles. The summed E-state index contributed by atoms with van der Waals surface area (Å²) in [5.41, 5.74) is 0.121. The highest BCUT2D eigenvalue weighted by molar-refractivity contribution is 4.96. The molecule has 1 aliphatic heterocycles. The summed E-state index contributed by atoms with van der Waals surface area (Å²) in [6, 6.07) is 0. The largest absolute Gasteiger partial charge is 0.390 e. The highest BCUT2D eigenvalue weighted by atomic mass is 16.5. The second kappa shape index (κ2) is 5.03. The lowest BCUT2D eigenvalue weighted by molar-refractivity contribution is -0.168. The maximum atomic E-state index is 10.3. The van der Waals surface area contributed by atoms with Crippen LogP contribution in [0.3, 0.4) is 0 Å². The summed E-state index contributed by atoms with van der Waals surface area (Å²) in [4.78, 5) is 0. The number of rotatable bonds is 4. The van der Waals surface area contributed by atoms with Crippen LogP contribution in [-0.2, 0) is 9.47 Å². The summed E-state index contributed by atoms with van der Waals surface area (Å²) < 4.78 is 11.2. The van der Waals surface area contributed by atoms with E-state index in [1.165, 1.54) is 19.3 Å². The van der Waals surface area contributed by atoms with Gasteiger partial charge >= 0.3 is 0 Å². The van der Waals surface area contributed by atoms with Gasteiger partial charge in [0.05, 0.1) is 17.8 Å². The Kier molecular flexibility index (Phi) is 3.88. The molecule has 3 heteroatoms. The molecule has 2 aliphatic rings. The van der Waals surface area contributed by atoms with Crippen LogP contribution >= 0.6 is 0 Å². The molecule has 1 saturated carbocycles. The van der Waals surface area contributed by atoms with Crippen molar-refractivity contribution in [1.29, 1.82) is 0 Å². The number of hydrogen-bond acceptors (Lipinski definition) is 3. The molecule has 3 unspecified atom stereocenters. The third kappa shape index (κ3) is 2.27. The molecule has 2 fully saturated rings. The fraction of sp³-hybridized carbons (Fsp3) is 1.00. The van der Waals surface area contributed by atoms with Crippen molar-refractivity contribution in [2.45, 2.75) is 63.3 Å². The van der Waals surface area contributed by atoms with E-state index in [-0.39, 0.29) is 17.8 Å². The molecule has 1 aliphatic carbocycles. The average Bonchev–Trinajstić information content (AvgIpc) is 2.28. The van der Waals surface area contributed by atoms with Crippen molar-refractivity contribution in [3.05, 3.63) is 0 Å². The molecule has 3 nitrogen and oxygen atoms in total. The lowest BCUT2D eigenvalue weighted by Crippen LogP contribution is -2.49. The molecule has 0 aromatic rings. The molecule has 1 saturated heterocycles. The third-order valence-corrected chi connectivity index (χ3v) is 4.36. The zero-order valence-electron chi connectivity index (χ0n) is 10.4. The normalized spacial score (nSPS) is 32.1. The van der Waals surface area contributed by atoms with Gasteiger partial charge in [-0.2, -0.15) is 0 Å². The van der Waals surface area contributed by atoms with E-state index < -0.39 is 0 Å². The molecule has 0 radical (unpaired) electrons. The Morgan fingerprint density at radius 2 is 2.25 bits per heavy atom. The predicted molar refractivity (Wildman–Crippen MR) is 62.4 cm³/mol. The van der Waals surface area contributed by atoms with Crippen LogP contribution in [0.2, 0.25) is 0 Å². The molecule has 16 heavy (non-hydrogen) atoms. The first kappa shape index (κ1) is 12.3. The maximum absolute atomic E-state index is 10.3. The van der Waals surface area contributed by atoms with Crippen LogP contribution in [0.15, 0.2) is 0 Å². The summed E-state index contributed by atoms with van der Waals surface area (Å²) in [6.45, 7) is 2.87. The molecule has 0 aromatic heterocycles. The summed E-state index contributed by atoms with van der Waals surface area (Å²) >= 11 is 0. The van der Waals surface area contributed by atoms with Gasteiger partial charge in [-0.1, -0.05) is 6.92 Å². The van der Waals surface area contributed by atoms with Gasteiger partial charge in [0.15, 0.2) is 0 Å². The highest BCUT2D eigenvalue weighted by Crippen LogP contribution is 2.45. The van der Waals surface area contributed by atoms with Crippen LogP contribution in [-0.4, -0.2) is 36.6 Å². The fourth-order valence-corrected chi connectivity index (χ4v) is 3.13. The highest BCUT2D eigenvalue weighted by Gasteiger charge is 2.45. The van der Waals surface area contributed by atoms with Crippen molar-refractivity contribution in [2.24, 2.45) is 5.92 Å². The minimum Gasteiger partial charge on any atom is -0.390 e. The molecule has 2 rings (SSSR count). The van der Waals surface area contributed by atoms with Gasteiger partial charge in [-0.3, -0.25) is 0 Å². The molecule has 3 atom stereocenters. The molecule has 1 N–H and O–H groups in total. The minimum absolute atomic E-state index is 0.0137. The van der Waals surface area contributed by atoms with Crippen LogP contribution in [0.4, 0.5) is 0 Å². The van der Waals surface area contributed by atoms with E-state index in [4.69, 9.17) is 9.47 Å². The van der Waals surface area contributed by atoms with Crippen LogP contribution in [0, 0.1) is 5.92 Å². The van der Waals surface area contributed by atoms with Crippen LogP contribution in [0.25, 0.3) is 0 Å². The topological polar surface area (TPSA) is 38.7 Å². The van der Waals surface area contributed by atoms with E-state index in [0.29, 0.717) is 5.92 Å². The van der Waals surface area contributed by atoms with Crippen molar-refractivity contribution in [3.63, 3.8) is 0 Å². The minimum atomic E-state index is -0.323. The Hall–Kier alpha value is -0.120. The van der Waals surface area contributed by atoms with Gasteiger partial charge in [0.2, 0.25) is 0 Å². The van der Waals surface area contributed by atoms with Crippen molar-refractivity contribution < 1.29 is 14.6 Å². The fourth-order valence-electron chi connectivity index (χ4n) is 3.13. The number of hydrogen-bond donors (Lipinski definition) is 1. The zero-order chi connectivity index (χ0) is 11.6. The lowest BCUT2D eigenvalue weighted by atomic mass is 9.70. The van der Waals surface area contributed by atoms with Gasteiger partial charge in [0.25, 0.3) is 0 Å². The Balaban J connectivity index is 1.92. The Morgan fingerprint density at radius 1 is 1.50 bits per heavy atom. The SMILES string of the molecule is CCC(OC)C(O)C1CCOC2(CCC2)C1. The molecule has 0 amide bonds. The summed E-state index contributed by atoms with van der Waals surface area (Å²) in [6.07, 6.45) is 6.18. The summed E-state index contributed by atoms with van der Waals surface area (Å²) in [5, 5.41) is 10.3. The second-order valence-corrected chi connectivity index (χ2v) is 5.31. The van der Waals surface area contributed by atoms with E-state index in [1.54, 1.807) is 7.11 Å². The van der Waals surface area contributed by atoms with Gasteiger partial charge in [0.1, 0.15) is 0 Å². The standard InChI is InChI=1S/C13H24O3/c1-3-11(15-2)12(14)10-5-8-16-13(9-10)6-4-7-13/h10-12,14H,3-9H2,1-2H3. The smallest absolute Gasteiger partial charge is 0.0831 e. The van der Waals surface area contributed by atoms with E-state index in [2.05, 4.69) is 6.92 Å². The average molecular weight is 228 g/mol. The first-order valence-corrected chi connectivity index (χ1v) is 6.55. The van der Waals surface area contributed by atoms with E-state index in [0.717, 1.165) is 25.9 Å². The first-order valence-electron chi connectivity index (χ1n) is 6.55. The first-order chi connectivity index (χ1) is 7.71. The Bertz CT molecular complexity index is 221. The lowest BCUT2D eigenvalue weighted by Gasteiger charge is -2.48. The molecule has 0 bridgehead atoms. The third-order valence-electron chi connectivity index (χ3n) is 4.36.